The Hall–Kier alpha value is -1.91. The maximum absolute atomic E-state index is 12.0. The van der Waals surface area contributed by atoms with E-state index < -0.39 is 11.9 Å². The average molecular weight is 278 g/mol. The first kappa shape index (κ1) is 16.1. The maximum Gasteiger partial charge on any atom is 0.338 e. The number of nitrogens with zero attached hydrogens (tertiary/aromatic N) is 1. The van der Waals surface area contributed by atoms with Crippen molar-refractivity contribution in [1.29, 1.82) is 0 Å². The van der Waals surface area contributed by atoms with E-state index in [1.165, 1.54) is 18.3 Å². The van der Waals surface area contributed by atoms with Crippen molar-refractivity contribution < 1.29 is 14.7 Å². The molecule has 0 saturated carbocycles. The molecule has 0 aliphatic carbocycles. The molecule has 1 aromatic heterocycles. The van der Waals surface area contributed by atoms with Gasteiger partial charge in [0.15, 0.2) is 0 Å². The summed E-state index contributed by atoms with van der Waals surface area (Å²) in [4.78, 5) is 26.9. The zero-order valence-electron chi connectivity index (χ0n) is 12.2. The molecule has 0 saturated heterocycles. The quantitative estimate of drug-likeness (QED) is 0.803. The van der Waals surface area contributed by atoms with Crippen LogP contribution in [0.4, 0.5) is 0 Å². The number of hydrogen-bond acceptors (Lipinski definition) is 3. The van der Waals surface area contributed by atoms with E-state index in [1.807, 2.05) is 6.92 Å². The molecule has 0 aromatic carbocycles. The second kappa shape index (κ2) is 7.62. The summed E-state index contributed by atoms with van der Waals surface area (Å²) in [5, 5.41) is 11.8. The summed E-state index contributed by atoms with van der Waals surface area (Å²) in [5.74, 6) is -0.928. The van der Waals surface area contributed by atoms with Crippen LogP contribution in [0.25, 0.3) is 0 Å². The van der Waals surface area contributed by atoms with E-state index in [0.717, 1.165) is 19.3 Å². The lowest BCUT2D eigenvalue weighted by atomic mass is 10.0. The van der Waals surface area contributed by atoms with Crippen molar-refractivity contribution >= 4 is 11.9 Å². The Morgan fingerprint density at radius 1 is 1.30 bits per heavy atom. The molecule has 2 N–H and O–H groups in total. The van der Waals surface area contributed by atoms with E-state index in [4.69, 9.17) is 5.11 Å². The fourth-order valence-electron chi connectivity index (χ4n) is 1.96. The molecule has 0 fully saturated rings. The van der Waals surface area contributed by atoms with Crippen molar-refractivity contribution in [1.82, 2.24) is 10.3 Å². The summed E-state index contributed by atoms with van der Waals surface area (Å²) in [6.07, 6.45) is 4.45. The predicted molar refractivity (Wildman–Crippen MR) is 76.8 cm³/mol. The molecular weight excluding hydrogens is 256 g/mol. The lowest BCUT2D eigenvalue weighted by Crippen LogP contribution is -2.34. The second-order valence-electron chi connectivity index (χ2n) is 5.40. The van der Waals surface area contributed by atoms with Gasteiger partial charge >= 0.3 is 5.97 Å². The second-order valence-corrected chi connectivity index (χ2v) is 5.40. The Morgan fingerprint density at radius 3 is 2.60 bits per heavy atom. The zero-order valence-corrected chi connectivity index (χ0v) is 12.2. The van der Waals surface area contributed by atoms with Crippen LogP contribution in [0.2, 0.25) is 0 Å². The highest BCUT2D eigenvalue weighted by molar-refractivity contribution is 6.03. The number of aromatic nitrogens is 1. The number of carbonyl (C=O) groups excluding carboxylic acids is 1. The summed E-state index contributed by atoms with van der Waals surface area (Å²) < 4.78 is 0. The Morgan fingerprint density at radius 2 is 2.00 bits per heavy atom. The Bertz CT molecular complexity index is 472. The summed E-state index contributed by atoms with van der Waals surface area (Å²) >= 11 is 0. The number of rotatable bonds is 7. The Kier molecular flexibility index (Phi) is 6.15. The van der Waals surface area contributed by atoms with Gasteiger partial charge in [0.25, 0.3) is 5.91 Å². The smallest absolute Gasteiger partial charge is 0.338 e. The molecule has 1 heterocycles. The summed E-state index contributed by atoms with van der Waals surface area (Å²) in [5.41, 5.74) is -0.102. The SMILES string of the molecule is CC(C)CCCC(C)NC(=O)c1ncccc1C(=O)O. The van der Waals surface area contributed by atoms with Crippen LogP contribution in [-0.2, 0) is 0 Å². The van der Waals surface area contributed by atoms with Crippen LogP contribution in [0.5, 0.6) is 0 Å². The van der Waals surface area contributed by atoms with Gasteiger partial charge in [-0.1, -0.05) is 26.7 Å². The summed E-state index contributed by atoms with van der Waals surface area (Å²) in [6, 6.07) is 2.89. The van der Waals surface area contributed by atoms with E-state index >= 15 is 0 Å². The molecular formula is C15H22N2O3. The molecule has 0 aliphatic rings. The summed E-state index contributed by atoms with van der Waals surface area (Å²) in [7, 11) is 0. The van der Waals surface area contributed by atoms with Gasteiger partial charge in [-0.25, -0.2) is 4.79 Å². The van der Waals surface area contributed by atoms with E-state index in [2.05, 4.69) is 24.1 Å². The molecule has 5 heteroatoms. The van der Waals surface area contributed by atoms with Crippen LogP contribution in [0.15, 0.2) is 18.3 Å². The molecule has 1 unspecified atom stereocenters. The highest BCUT2D eigenvalue weighted by atomic mass is 16.4. The molecule has 1 rings (SSSR count). The molecule has 0 radical (unpaired) electrons. The first-order valence-electron chi connectivity index (χ1n) is 6.91. The van der Waals surface area contributed by atoms with Crippen molar-refractivity contribution in [2.75, 3.05) is 0 Å². The molecule has 1 atom stereocenters. The van der Waals surface area contributed by atoms with Gasteiger partial charge in [-0.15, -0.1) is 0 Å². The standard InChI is InChI=1S/C15H22N2O3/c1-10(2)6-4-7-11(3)17-14(18)13-12(15(19)20)8-5-9-16-13/h5,8-11H,4,6-7H2,1-3H3,(H,17,18)(H,19,20). The highest BCUT2D eigenvalue weighted by Crippen LogP contribution is 2.10. The number of carbonyl (C=O) groups is 2. The van der Waals surface area contributed by atoms with E-state index in [0.29, 0.717) is 5.92 Å². The van der Waals surface area contributed by atoms with Crippen LogP contribution >= 0.6 is 0 Å². The third-order valence-corrected chi connectivity index (χ3v) is 3.05. The van der Waals surface area contributed by atoms with Crippen molar-refractivity contribution in [3.63, 3.8) is 0 Å². The lowest BCUT2D eigenvalue weighted by molar-refractivity contribution is 0.0689. The predicted octanol–water partition coefficient (Wildman–Crippen LogP) is 2.72. The van der Waals surface area contributed by atoms with Gasteiger partial charge in [0, 0.05) is 12.2 Å². The first-order chi connectivity index (χ1) is 9.41. The van der Waals surface area contributed by atoms with Crippen molar-refractivity contribution in [2.24, 2.45) is 5.92 Å². The minimum atomic E-state index is -1.14. The monoisotopic (exact) mass is 278 g/mol. The van der Waals surface area contributed by atoms with Crippen LogP contribution in [-0.4, -0.2) is 28.0 Å². The number of aromatic carboxylic acids is 1. The topological polar surface area (TPSA) is 79.3 Å². The van der Waals surface area contributed by atoms with Gasteiger partial charge in [0.1, 0.15) is 5.69 Å². The van der Waals surface area contributed by atoms with E-state index in [-0.39, 0.29) is 17.3 Å². The van der Waals surface area contributed by atoms with Gasteiger partial charge in [0.05, 0.1) is 5.56 Å². The Balaban J connectivity index is 2.60. The number of pyridine rings is 1. The minimum Gasteiger partial charge on any atom is -0.478 e. The number of hydrogen-bond donors (Lipinski definition) is 2. The van der Waals surface area contributed by atoms with Gasteiger partial charge < -0.3 is 10.4 Å². The third-order valence-electron chi connectivity index (χ3n) is 3.05. The van der Waals surface area contributed by atoms with E-state index in [9.17, 15) is 9.59 Å². The minimum absolute atomic E-state index is 0.00454. The van der Waals surface area contributed by atoms with Gasteiger partial charge in [-0.05, 0) is 31.4 Å². The lowest BCUT2D eigenvalue weighted by Gasteiger charge is -2.14. The molecule has 5 nitrogen and oxygen atoms in total. The van der Waals surface area contributed by atoms with Gasteiger partial charge in [-0.2, -0.15) is 0 Å². The molecule has 0 aliphatic heterocycles. The fourth-order valence-corrected chi connectivity index (χ4v) is 1.96. The first-order valence-corrected chi connectivity index (χ1v) is 6.91. The van der Waals surface area contributed by atoms with Crippen LogP contribution in [0, 0.1) is 5.92 Å². The molecule has 20 heavy (non-hydrogen) atoms. The van der Waals surface area contributed by atoms with Gasteiger partial charge in [-0.3, -0.25) is 9.78 Å². The summed E-state index contributed by atoms with van der Waals surface area (Å²) in [6.45, 7) is 6.24. The molecule has 0 spiro atoms. The normalized spacial score (nSPS) is 12.2. The van der Waals surface area contributed by atoms with E-state index in [1.54, 1.807) is 0 Å². The van der Waals surface area contributed by atoms with Crippen molar-refractivity contribution in [2.45, 2.75) is 46.1 Å². The van der Waals surface area contributed by atoms with Crippen LogP contribution in [0.1, 0.15) is 60.9 Å². The third kappa shape index (κ3) is 4.99. The molecule has 0 bridgehead atoms. The van der Waals surface area contributed by atoms with Crippen LogP contribution in [0.3, 0.4) is 0 Å². The van der Waals surface area contributed by atoms with Crippen molar-refractivity contribution in [3.8, 4) is 0 Å². The average Bonchev–Trinajstić information content (AvgIpc) is 2.38. The number of carboxylic acids is 1. The Labute approximate surface area is 119 Å². The van der Waals surface area contributed by atoms with Gasteiger partial charge in [0.2, 0.25) is 0 Å². The zero-order chi connectivity index (χ0) is 15.1. The largest absolute Gasteiger partial charge is 0.478 e. The number of nitrogens with one attached hydrogen (secondary N) is 1. The molecule has 1 aromatic rings. The number of amides is 1. The van der Waals surface area contributed by atoms with Crippen molar-refractivity contribution in [3.05, 3.63) is 29.6 Å². The maximum atomic E-state index is 12.0. The molecule has 1 amide bonds. The fraction of sp³-hybridized carbons (Fsp3) is 0.533. The molecule has 110 valence electrons. The highest BCUT2D eigenvalue weighted by Gasteiger charge is 2.18. The number of carboxylic acid groups (broad SMARTS) is 1. The van der Waals surface area contributed by atoms with Crippen LogP contribution < -0.4 is 5.32 Å².